The van der Waals surface area contributed by atoms with Crippen molar-refractivity contribution in [3.63, 3.8) is 0 Å². The van der Waals surface area contributed by atoms with E-state index in [9.17, 15) is 9.59 Å². The summed E-state index contributed by atoms with van der Waals surface area (Å²) < 4.78 is 5.36. The highest BCUT2D eigenvalue weighted by atomic mass is 16.5. The van der Waals surface area contributed by atoms with Crippen LogP contribution >= 0.6 is 0 Å². The molecule has 0 aliphatic carbocycles. The maximum atomic E-state index is 11.0. The third kappa shape index (κ3) is 2.85. The van der Waals surface area contributed by atoms with Crippen molar-refractivity contribution in [1.29, 1.82) is 0 Å². The molecule has 13 heavy (non-hydrogen) atoms. The van der Waals surface area contributed by atoms with Crippen molar-refractivity contribution in [2.24, 2.45) is 11.7 Å². The molecule has 2 amide bonds. The molecule has 0 fully saturated rings. The number of nitrogens with two attached hydrogens (primary N) is 1. The molecule has 0 aliphatic rings. The van der Waals surface area contributed by atoms with E-state index in [1.807, 2.05) is 0 Å². The Kier molecular flexibility index (Phi) is 4.10. The minimum atomic E-state index is -0.729. The molecule has 0 bridgehead atoms. The van der Waals surface area contributed by atoms with Crippen molar-refractivity contribution in [2.75, 3.05) is 7.11 Å². The topological polar surface area (TPSA) is 72.4 Å². The zero-order valence-corrected chi connectivity index (χ0v) is 8.11. The van der Waals surface area contributed by atoms with Gasteiger partial charge in [-0.15, -0.1) is 4.58 Å². The summed E-state index contributed by atoms with van der Waals surface area (Å²) in [5, 5.41) is 0. The zero-order chi connectivity index (χ0) is 10.6. The van der Waals surface area contributed by atoms with Crippen molar-refractivity contribution in [1.82, 2.24) is 0 Å². The van der Waals surface area contributed by atoms with Crippen molar-refractivity contribution in [3.8, 4) is 0 Å². The molecule has 0 aromatic heterocycles. The van der Waals surface area contributed by atoms with E-state index in [1.165, 1.54) is 7.11 Å². The van der Waals surface area contributed by atoms with Gasteiger partial charge in [0.25, 0.3) is 5.91 Å². The first-order valence-corrected chi connectivity index (χ1v) is 3.88. The van der Waals surface area contributed by atoms with Gasteiger partial charge in [0.2, 0.25) is 6.04 Å². The number of hydrogen-bond acceptors (Lipinski definition) is 3. The molecule has 5 heteroatoms. The van der Waals surface area contributed by atoms with Crippen molar-refractivity contribution < 1.29 is 18.9 Å². The third-order valence-electron chi connectivity index (χ3n) is 1.67. The Balaban J connectivity index is 4.66. The normalized spacial score (nSPS) is 12.3. The standard InChI is InChI=1S/C8H14N2O3/c1-5(2)6(7(9)11)10(3)8(12)13-4/h5-6H,3H2,1-2,4H3,(H-,9,11)/p+1. The molecule has 0 spiro atoms. The fourth-order valence-corrected chi connectivity index (χ4v) is 1.07. The van der Waals surface area contributed by atoms with E-state index in [1.54, 1.807) is 13.8 Å². The average Bonchev–Trinajstić information content (AvgIpc) is 2.01. The van der Waals surface area contributed by atoms with Crippen LogP contribution in [-0.2, 0) is 9.53 Å². The van der Waals surface area contributed by atoms with Gasteiger partial charge in [-0.05, 0) is 0 Å². The molecular formula is C8H15N2O3+. The molecule has 1 atom stereocenters. The number of ether oxygens (including phenoxy) is 1. The summed E-state index contributed by atoms with van der Waals surface area (Å²) in [6, 6.07) is -0.729. The summed E-state index contributed by atoms with van der Waals surface area (Å²) in [4.78, 5) is 21.9. The maximum Gasteiger partial charge on any atom is 0.596 e. The van der Waals surface area contributed by atoms with Crippen LogP contribution in [0.15, 0.2) is 0 Å². The van der Waals surface area contributed by atoms with Gasteiger partial charge in [0, 0.05) is 5.92 Å². The van der Waals surface area contributed by atoms with Gasteiger partial charge in [-0.1, -0.05) is 13.8 Å². The Labute approximate surface area is 77.2 Å². The van der Waals surface area contributed by atoms with Crippen LogP contribution in [0.1, 0.15) is 13.8 Å². The predicted molar refractivity (Wildman–Crippen MR) is 47.6 cm³/mol. The fraction of sp³-hybridized carbons (Fsp3) is 0.625. The highest BCUT2D eigenvalue weighted by Gasteiger charge is 2.35. The number of hydrogen-bond donors (Lipinski definition) is 1. The number of carbonyl (C=O) groups is 2. The van der Waals surface area contributed by atoms with E-state index in [0.717, 1.165) is 4.58 Å². The van der Waals surface area contributed by atoms with Crippen molar-refractivity contribution >= 4 is 18.7 Å². The Morgan fingerprint density at radius 1 is 1.46 bits per heavy atom. The number of rotatable bonds is 3. The number of amides is 2. The molecule has 0 heterocycles. The predicted octanol–water partition coefficient (Wildman–Crippen LogP) is -0.0242. The first-order valence-electron chi connectivity index (χ1n) is 3.88. The Bertz CT molecular complexity index is 236. The van der Waals surface area contributed by atoms with Crippen LogP contribution in [0.3, 0.4) is 0 Å². The van der Waals surface area contributed by atoms with Gasteiger partial charge in [0.15, 0.2) is 0 Å². The molecule has 0 aliphatic heterocycles. The van der Waals surface area contributed by atoms with E-state index in [2.05, 4.69) is 11.5 Å². The molecule has 5 nitrogen and oxygen atoms in total. The van der Waals surface area contributed by atoms with Gasteiger partial charge >= 0.3 is 6.09 Å². The summed E-state index contributed by atoms with van der Waals surface area (Å²) in [7, 11) is 1.22. The second kappa shape index (κ2) is 4.59. The Morgan fingerprint density at radius 2 is 1.92 bits per heavy atom. The van der Waals surface area contributed by atoms with E-state index >= 15 is 0 Å². The average molecular weight is 187 g/mol. The SMILES string of the molecule is C=[N+](C(=O)OC)C(C(N)=O)C(C)C. The minimum absolute atomic E-state index is 0.0888. The number of primary amides is 1. The van der Waals surface area contributed by atoms with Crippen LogP contribution in [0.25, 0.3) is 0 Å². The Morgan fingerprint density at radius 3 is 2.15 bits per heavy atom. The molecule has 0 saturated heterocycles. The summed E-state index contributed by atoms with van der Waals surface area (Å²) >= 11 is 0. The molecule has 0 aromatic rings. The van der Waals surface area contributed by atoms with Gasteiger partial charge < -0.3 is 10.5 Å². The first kappa shape index (κ1) is 11.6. The quantitative estimate of drug-likeness (QED) is 0.498. The zero-order valence-electron chi connectivity index (χ0n) is 8.11. The van der Waals surface area contributed by atoms with E-state index in [0.29, 0.717) is 0 Å². The van der Waals surface area contributed by atoms with Crippen LogP contribution in [0.4, 0.5) is 4.79 Å². The van der Waals surface area contributed by atoms with E-state index in [-0.39, 0.29) is 5.92 Å². The van der Waals surface area contributed by atoms with E-state index < -0.39 is 18.0 Å². The molecule has 0 aromatic carbocycles. The summed E-state index contributed by atoms with van der Waals surface area (Å²) in [6.07, 6.45) is -0.669. The molecule has 1 unspecified atom stereocenters. The third-order valence-corrected chi connectivity index (χ3v) is 1.67. The number of nitrogens with zero attached hydrogens (tertiary/aromatic N) is 1. The van der Waals surface area contributed by atoms with Gasteiger partial charge in [-0.3, -0.25) is 4.79 Å². The van der Waals surface area contributed by atoms with Gasteiger partial charge in [-0.2, -0.15) is 4.79 Å². The van der Waals surface area contributed by atoms with Crippen LogP contribution in [0, 0.1) is 5.92 Å². The van der Waals surface area contributed by atoms with Gasteiger partial charge in [0.05, 0.1) is 7.11 Å². The highest BCUT2D eigenvalue weighted by Crippen LogP contribution is 2.05. The summed E-state index contributed by atoms with van der Waals surface area (Å²) in [5.74, 6) is -0.676. The molecule has 2 N–H and O–H groups in total. The maximum absolute atomic E-state index is 11.0. The van der Waals surface area contributed by atoms with Crippen LogP contribution in [0.2, 0.25) is 0 Å². The van der Waals surface area contributed by atoms with Crippen molar-refractivity contribution in [3.05, 3.63) is 0 Å². The first-order chi connectivity index (χ1) is 5.91. The van der Waals surface area contributed by atoms with E-state index in [4.69, 9.17) is 5.73 Å². The second-order valence-corrected chi connectivity index (χ2v) is 3.03. The van der Waals surface area contributed by atoms with Crippen molar-refractivity contribution in [2.45, 2.75) is 19.9 Å². The van der Waals surface area contributed by atoms with Crippen LogP contribution in [0.5, 0.6) is 0 Å². The second-order valence-electron chi connectivity index (χ2n) is 3.03. The smallest absolute Gasteiger partial charge is 0.415 e. The number of carbonyl (C=O) groups excluding carboxylic acids is 2. The molecule has 0 rings (SSSR count). The minimum Gasteiger partial charge on any atom is -0.415 e. The Hall–Kier alpha value is -1.39. The summed E-state index contributed by atoms with van der Waals surface area (Å²) in [6.45, 7) is 6.96. The largest absolute Gasteiger partial charge is 0.596 e. The lowest BCUT2D eigenvalue weighted by atomic mass is 10.0. The molecule has 0 saturated carbocycles. The molecule has 0 radical (unpaired) electrons. The lowest BCUT2D eigenvalue weighted by molar-refractivity contribution is -0.472. The van der Waals surface area contributed by atoms with Crippen LogP contribution in [-0.4, -0.2) is 36.4 Å². The molecular weight excluding hydrogens is 172 g/mol. The summed E-state index contributed by atoms with van der Waals surface area (Å²) in [5.41, 5.74) is 5.10. The highest BCUT2D eigenvalue weighted by molar-refractivity contribution is 5.80. The fourth-order valence-electron chi connectivity index (χ4n) is 1.07. The number of methoxy groups -OCH3 is 1. The lowest BCUT2D eigenvalue weighted by Gasteiger charge is -2.11. The van der Waals surface area contributed by atoms with Gasteiger partial charge in [0.1, 0.15) is 6.72 Å². The lowest BCUT2D eigenvalue weighted by Crippen LogP contribution is -2.44. The monoisotopic (exact) mass is 187 g/mol. The van der Waals surface area contributed by atoms with Gasteiger partial charge in [-0.25, -0.2) is 0 Å². The van der Waals surface area contributed by atoms with Crippen LogP contribution < -0.4 is 5.73 Å². The molecule has 74 valence electrons.